The van der Waals surface area contributed by atoms with E-state index in [4.69, 9.17) is 9.47 Å². The van der Waals surface area contributed by atoms with E-state index in [0.717, 1.165) is 30.0 Å². The Hall–Kier alpha value is -3.63. The van der Waals surface area contributed by atoms with E-state index in [1.165, 1.54) is 34.6 Å². The third-order valence-corrected chi connectivity index (χ3v) is 6.33. The molecule has 0 aromatic heterocycles. The zero-order valence-electron chi connectivity index (χ0n) is 20.2. The highest BCUT2D eigenvalue weighted by Gasteiger charge is 2.30. The first kappa shape index (κ1) is 23.5. The number of fused-ring (bicyclic) bond motifs is 1. The summed E-state index contributed by atoms with van der Waals surface area (Å²) < 4.78 is 10.3. The largest absolute Gasteiger partial charge is 0.497 e. The molecule has 34 heavy (non-hydrogen) atoms. The Kier molecular flexibility index (Phi) is 6.99. The summed E-state index contributed by atoms with van der Waals surface area (Å²) in [4.78, 5) is 12.2. The van der Waals surface area contributed by atoms with Gasteiger partial charge >= 0.3 is 5.97 Å². The van der Waals surface area contributed by atoms with Gasteiger partial charge in [-0.1, -0.05) is 60.7 Å². The van der Waals surface area contributed by atoms with E-state index in [2.05, 4.69) is 66.0 Å². The second-order valence-corrected chi connectivity index (χ2v) is 9.01. The molecule has 0 bridgehead atoms. The van der Waals surface area contributed by atoms with Gasteiger partial charge in [-0.05, 0) is 76.7 Å². The summed E-state index contributed by atoms with van der Waals surface area (Å²) >= 11 is 0. The SMILES string of the molecule is COC(=O)C(C)(C)c1ccc(-c2cc(CNCc3cccc(OC)c3)cc3ccccc23)cc1. The van der Waals surface area contributed by atoms with Crippen molar-refractivity contribution in [3.8, 4) is 16.9 Å². The van der Waals surface area contributed by atoms with Crippen LogP contribution in [-0.2, 0) is 28.0 Å². The Morgan fingerprint density at radius 1 is 0.824 bits per heavy atom. The standard InChI is InChI=1S/C30H31NO3/c1-30(2,29(32)34-4)25-14-12-23(13-15-25)28-18-22(16-24-9-5-6-11-27(24)28)20-31-19-21-8-7-10-26(17-21)33-3/h5-18,31H,19-20H2,1-4H3. The highest BCUT2D eigenvalue weighted by atomic mass is 16.5. The molecule has 4 heteroatoms. The molecule has 1 N–H and O–H groups in total. The molecule has 4 nitrogen and oxygen atoms in total. The maximum atomic E-state index is 12.2. The Labute approximate surface area is 201 Å². The molecule has 4 aromatic carbocycles. The Balaban J connectivity index is 1.60. The fourth-order valence-electron chi connectivity index (χ4n) is 4.29. The van der Waals surface area contributed by atoms with E-state index >= 15 is 0 Å². The van der Waals surface area contributed by atoms with E-state index < -0.39 is 5.41 Å². The number of esters is 1. The molecule has 4 aromatic rings. The van der Waals surface area contributed by atoms with Crippen molar-refractivity contribution in [2.75, 3.05) is 14.2 Å². The predicted molar refractivity (Wildman–Crippen MR) is 138 cm³/mol. The molecule has 4 rings (SSSR count). The molecule has 0 aliphatic heterocycles. The lowest BCUT2D eigenvalue weighted by Crippen LogP contribution is -2.30. The van der Waals surface area contributed by atoms with Crippen molar-refractivity contribution in [3.05, 3.63) is 102 Å². The molecule has 0 spiro atoms. The maximum absolute atomic E-state index is 12.2. The molecule has 174 valence electrons. The van der Waals surface area contributed by atoms with Crippen molar-refractivity contribution in [1.29, 1.82) is 0 Å². The van der Waals surface area contributed by atoms with Crippen LogP contribution in [-0.4, -0.2) is 20.2 Å². The summed E-state index contributed by atoms with van der Waals surface area (Å²) in [6.07, 6.45) is 0. The number of hydrogen-bond acceptors (Lipinski definition) is 4. The summed E-state index contributed by atoms with van der Waals surface area (Å²) in [6, 6.07) is 29.3. The first-order valence-corrected chi connectivity index (χ1v) is 11.5. The minimum atomic E-state index is -0.693. The van der Waals surface area contributed by atoms with Gasteiger partial charge in [0.05, 0.1) is 19.6 Å². The normalized spacial score (nSPS) is 11.4. The summed E-state index contributed by atoms with van der Waals surface area (Å²) in [5.74, 6) is 0.626. The van der Waals surface area contributed by atoms with Crippen LogP contribution in [0.5, 0.6) is 5.75 Å². The molecule has 0 radical (unpaired) electrons. The van der Waals surface area contributed by atoms with Crippen molar-refractivity contribution in [1.82, 2.24) is 5.32 Å². The van der Waals surface area contributed by atoms with Gasteiger partial charge in [-0.15, -0.1) is 0 Å². The van der Waals surface area contributed by atoms with Gasteiger partial charge in [0.15, 0.2) is 0 Å². The minimum absolute atomic E-state index is 0.241. The second-order valence-electron chi connectivity index (χ2n) is 9.01. The number of hydrogen-bond donors (Lipinski definition) is 1. The van der Waals surface area contributed by atoms with Crippen LogP contribution in [0.15, 0.2) is 84.9 Å². The first-order chi connectivity index (χ1) is 16.4. The zero-order valence-corrected chi connectivity index (χ0v) is 20.2. The number of rotatable bonds is 8. The number of carbonyl (C=O) groups excluding carboxylic acids is 1. The van der Waals surface area contributed by atoms with Crippen LogP contribution >= 0.6 is 0 Å². The van der Waals surface area contributed by atoms with Crippen molar-refractivity contribution in [2.24, 2.45) is 0 Å². The van der Waals surface area contributed by atoms with Crippen LogP contribution in [0.2, 0.25) is 0 Å². The lowest BCUT2D eigenvalue weighted by Gasteiger charge is -2.22. The maximum Gasteiger partial charge on any atom is 0.315 e. The molecule has 0 heterocycles. The molecule has 0 saturated heterocycles. The molecule has 0 atom stereocenters. The van der Waals surface area contributed by atoms with Crippen molar-refractivity contribution in [3.63, 3.8) is 0 Å². The Morgan fingerprint density at radius 2 is 1.56 bits per heavy atom. The average molecular weight is 454 g/mol. The summed E-state index contributed by atoms with van der Waals surface area (Å²) in [7, 11) is 3.12. The first-order valence-electron chi connectivity index (χ1n) is 11.5. The minimum Gasteiger partial charge on any atom is -0.497 e. The van der Waals surface area contributed by atoms with Gasteiger partial charge in [0.1, 0.15) is 5.75 Å². The topological polar surface area (TPSA) is 47.6 Å². The van der Waals surface area contributed by atoms with Crippen molar-refractivity contribution < 1.29 is 14.3 Å². The quantitative estimate of drug-likeness (QED) is 0.320. The number of benzene rings is 4. The van der Waals surface area contributed by atoms with Crippen molar-refractivity contribution in [2.45, 2.75) is 32.4 Å². The monoisotopic (exact) mass is 453 g/mol. The average Bonchev–Trinajstić information content (AvgIpc) is 2.88. The number of nitrogens with one attached hydrogen (secondary N) is 1. The zero-order chi connectivity index (χ0) is 24.1. The molecular weight excluding hydrogens is 422 g/mol. The van der Waals surface area contributed by atoms with Gasteiger partial charge in [-0.25, -0.2) is 0 Å². The van der Waals surface area contributed by atoms with Crippen LogP contribution in [0, 0.1) is 0 Å². The highest BCUT2D eigenvalue weighted by molar-refractivity contribution is 5.97. The van der Waals surface area contributed by atoms with Gasteiger partial charge in [0.25, 0.3) is 0 Å². The van der Waals surface area contributed by atoms with Crippen LogP contribution in [0.1, 0.15) is 30.5 Å². The molecular formula is C30H31NO3. The lowest BCUT2D eigenvalue weighted by molar-refractivity contribution is -0.146. The van der Waals surface area contributed by atoms with E-state index in [9.17, 15) is 4.79 Å². The molecule has 0 fully saturated rings. The Bertz CT molecular complexity index is 1290. The predicted octanol–water partition coefficient (Wildman–Crippen LogP) is 6.26. The van der Waals surface area contributed by atoms with Gasteiger partial charge in [-0.2, -0.15) is 0 Å². The van der Waals surface area contributed by atoms with Crippen LogP contribution < -0.4 is 10.1 Å². The fraction of sp³-hybridized carbons (Fsp3) is 0.233. The van der Waals surface area contributed by atoms with E-state index in [-0.39, 0.29) is 5.97 Å². The van der Waals surface area contributed by atoms with E-state index in [1.807, 2.05) is 38.1 Å². The third kappa shape index (κ3) is 4.97. The Morgan fingerprint density at radius 3 is 2.29 bits per heavy atom. The third-order valence-electron chi connectivity index (χ3n) is 6.33. The fourth-order valence-corrected chi connectivity index (χ4v) is 4.29. The number of methoxy groups -OCH3 is 2. The van der Waals surface area contributed by atoms with E-state index in [1.54, 1.807) is 7.11 Å². The number of ether oxygens (including phenoxy) is 2. The summed E-state index contributed by atoms with van der Waals surface area (Å²) in [5.41, 5.74) is 4.94. The van der Waals surface area contributed by atoms with Crippen molar-refractivity contribution >= 4 is 16.7 Å². The van der Waals surface area contributed by atoms with Gasteiger partial charge in [-0.3, -0.25) is 4.79 Å². The molecule has 0 amide bonds. The summed E-state index contributed by atoms with van der Waals surface area (Å²) in [5, 5.41) is 5.97. The second kappa shape index (κ2) is 10.1. The van der Waals surface area contributed by atoms with Gasteiger partial charge in [0, 0.05) is 13.1 Å². The molecule has 0 aliphatic carbocycles. The van der Waals surface area contributed by atoms with E-state index in [0.29, 0.717) is 0 Å². The molecule has 0 unspecified atom stereocenters. The van der Waals surface area contributed by atoms with Crippen LogP contribution in [0.3, 0.4) is 0 Å². The number of carbonyl (C=O) groups is 1. The van der Waals surface area contributed by atoms with Crippen LogP contribution in [0.4, 0.5) is 0 Å². The summed E-state index contributed by atoms with van der Waals surface area (Å²) in [6.45, 7) is 5.29. The highest BCUT2D eigenvalue weighted by Crippen LogP contribution is 2.33. The molecule has 0 saturated carbocycles. The van der Waals surface area contributed by atoms with Gasteiger partial charge < -0.3 is 14.8 Å². The van der Waals surface area contributed by atoms with Crippen LogP contribution in [0.25, 0.3) is 21.9 Å². The molecule has 0 aliphatic rings. The smallest absolute Gasteiger partial charge is 0.315 e. The lowest BCUT2D eigenvalue weighted by atomic mass is 9.83. The van der Waals surface area contributed by atoms with Gasteiger partial charge in [0.2, 0.25) is 0 Å².